The molecule has 0 radical (unpaired) electrons. The second-order valence-electron chi connectivity index (χ2n) is 4.72. The molecule has 0 fully saturated rings. The van der Waals surface area contributed by atoms with E-state index in [9.17, 15) is 8.42 Å². The van der Waals surface area contributed by atoms with E-state index in [1.165, 1.54) is 6.26 Å². The van der Waals surface area contributed by atoms with Crippen molar-refractivity contribution in [2.24, 2.45) is 0 Å². The minimum Gasteiger partial charge on any atom is -0.396 e. The Morgan fingerprint density at radius 2 is 1.95 bits per heavy atom. The van der Waals surface area contributed by atoms with Gasteiger partial charge in [-0.3, -0.25) is 0 Å². The molecule has 2 N–H and O–H groups in total. The molecule has 1 unspecified atom stereocenters. The summed E-state index contributed by atoms with van der Waals surface area (Å²) in [5.74, 6) is 0.860. The van der Waals surface area contributed by atoms with Crippen molar-refractivity contribution < 1.29 is 13.5 Å². The molecule has 1 aromatic rings. The first-order valence-electron chi connectivity index (χ1n) is 6.74. The van der Waals surface area contributed by atoms with Gasteiger partial charge in [0.1, 0.15) is 0 Å². The number of aliphatic hydroxyl groups is 1. The quantitative estimate of drug-likeness (QED) is 0.681. The Morgan fingerprint density at radius 3 is 2.45 bits per heavy atom. The molecule has 0 aliphatic carbocycles. The van der Waals surface area contributed by atoms with E-state index in [0.717, 1.165) is 30.0 Å². The third-order valence-corrected chi connectivity index (χ3v) is 5.17. The SMILES string of the molecule is CCCNC(CCO)CSc1ccc(S(C)(=O)=O)cc1. The average molecular weight is 317 g/mol. The summed E-state index contributed by atoms with van der Waals surface area (Å²) in [7, 11) is -3.13. The largest absolute Gasteiger partial charge is 0.396 e. The highest BCUT2D eigenvalue weighted by Crippen LogP contribution is 2.21. The highest BCUT2D eigenvalue weighted by atomic mass is 32.2. The molecule has 0 heterocycles. The molecule has 0 aliphatic heterocycles. The van der Waals surface area contributed by atoms with Crippen molar-refractivity contribution in [2.45, 2.75) is 35.6 Å². The second-order valence-corrected chi connectivity index (χ2v) is 7.83. The summed E-state index contributed by atoms with van der Waals surface area (Å²) in [6, 6.07) is 7.21. The van der Waals surface area contributed by atoms with Gasteiger partial charge < -0.3 is 10.4 Å². The highest BCUT2D eigenvalue weighted by molar-refractivity contribution is 7.99. The molecule has 20 heavy (non-hydrogen) atoms. The Kier molecular flexibility index (Phi) is 7.58. The highest BCUT2D eigenvalue weighted by Gasteiger charge is 2.09. The van der Waals surface area contributed by atoms with Crippen molar-refractivity contribution >= 4 is 21.6 Å². The van der Waals surface area contributed by atoms with Crippen molar-refractivity contribution in [3.8, 4) is 0 Å². The number of hydrogen-bond acceptors (Lipinski definition) is 5. The lowest BCUT2D eigenvalue weighted by atomic mass is 10.2. The maximum absolute atomic E-state index is 11.4. The zero-order valence-corrected chi connectivity index (χ0v) is 13.6. The third-order valence-electron chi connectivity index (χ3n) is 2.86. The first-order chi connectivity index (χ1) is 9.47. The van der Waals surface area contributed by atoms with Crippen LogP contribution in [0.3, 0.4) is 0 Å². The van der Waals surface area contributed by atoms with Crippen LogP contribution in [0.4, 0.5) is 0 Å². The maximum atomic E-state index is 11.4. The minimum atomic E-state index is -3.13. The molecule has 0 aromatic heterocycles. The van der Waals surface area contributed by atoms with Crippen LogP contribution in [0.15, 0.2) is 34.1 Å². The molecular weight excluding hydrogens is 294 g/mol. The summed E-state index contributed by atoms with van der Waals surface area (Å²) in [4.78, 5) is 1.39. The lowest BCUT2D eigenvalue weighted by Crippen LogP contribution is -2.32. The van der Waals surface area contributed by atoms with Gasteiger partial charge in [0.15, 0.2) is 9.84 Å². The number of nitrogens with one attached hydrogen (secondary N) is 1. The molecular formula is C14H23NO3S2. The molecule has 114 valence electrons. The van der Waals surface area contributed by atoms with Gasteiger partial charge in [-0.2, -0.15) is 0 Å². The Labute approximate surface area is 125 Å². The molecule has 0 spiro atoms. The first-order valence-corrected chi connectivity index (χ1v) is 9.62. The third kappa shape index (κ3) is 6.26. The summed E-state index contributed by atoms with van der Waals surface area (Å²) in [5.41, 5.74) is 0. The van der Waals surface area contributed by atoms with Crippen LogP contribution >= 0.6 is 11.8 Å². The van der Waals surface area contributed by atoms with Gasteiger partial charge >= 0.3 is 0 Å². The predicted molar refractivity (Wildman–Crippen MR) is 84.1 cm³/mol. The topological polar surface area (TPSA) is 66.4 Å². The van der Waals surface area contributed by atoms with Crippen LogP contribution in [0.5, 0.6) is 0 Å². The number of rotatable bonds is 9. The molecule has 0 amide bonds. The minimum absolute atomic E-state index is 0.176. The van der Waals surface area contributed by atoms with Crippen LogP contribution in [0.25, 0.3) is 0 Å². The first kappa shape index (κ1) is 17.5. The molecule has 0 aliphatic rings. The number of benzene rings is 1. The summed E-state index contributed by atoms with van der Waals surface area (Å²) in [6.45, 7) is 3.23. The summed E-state index contributed by atoms with van der Waals surface area (Å²) < 4.78 is 22.7. The standard InChI is InChI=1S/C14H23NO3S2/c1-3-9-15-12(8-10-16)11-19-13-4-6-14(7-5-13)20(2,17)18/h4-7,12,15-16H,3,8-11H2,1-2H3. The van der Waals surface area contributed by atoms with E-state index < -0.39 is 9.84 Å². The Morgan fingerprint density at radius 1 is 1.30 bits per heavy atom. The van der Waals surface area contributed by atoms with Crippen LogP contribution in [0.1, 0.15) is 19.8 Å². The van der Waals surface area contributed by atoms with Crippen molar-refractivity contribution in [1.29, 1.82) is 0 Å². The van der Waals surface area contributed by atoms with Crippen molar-refractivity contribution in [3.05, 3.63) is 24.3 Å². The van der Waals surface area contributed by atoms with E-state index in [1.807, 2.05) is 12.1 Å². The molecule has 0 bridgehead atoms. The fourth-order valence-electron chi connectivity index (χ4n) is 1.73. The Hall–Kier alpha value is -0.560. The summed E-state index contributed by atoms with van der Waals surface area (Å²) in [6.07, 6.45) is 3.01. The summed E-state index contributed by atoms with van der Waals surface area (Å²) >= 11 is 1.67. The van der Waals surface area contributed by atoms with Gasteiger partial charge in [0.25, 0.3) is 0 Å². The number of aliphatic hydroxyl groups excluding tert-OH is 1. The van der Waals surface area contributed by atoms with E-state index in [-0.39, 0.29) is 12.6 Å². The van der Waals surface area contributed by atoms with E-state index in [2.05, 4.69) is 12.2 Å². The normalized spacial score (nSPS) is 13.3. The van der Waals surface area contributed by atoms with Gasteiger partial charge in [-0.1, -0.05) is 6.92 Å². The Balaban J connectivity index is 2.55. The van der Waals surface area contributed by atoms with Gasteiger partial charge in [0.2, 0.25) is 0 Å². The van der Waals surface area contributed by atoms with Crippen LogP contribution in [0.2, 0.25) is 0 Å². The lowest BCUT2D eigenvalue weighted by Gasteiger charge is -2.17. The van der Waals surface area contributed by atoms with Gasteiger partial charge in [0, 0.05) is 29.6 Å². The smallest absolute Gasteiger partial charge is 0.175 e. The van der Waals surface area contributed by atoms with Gasteiger partial charge in [-0.15, -0.1) is 11.8 Å². The van der Waals surface area contributed by atoms with Crippen molar-refractivity contribution in [2.75, 3.05) is 25.2 Å². The molecule has 0 saturated heterocycles. The fourth-order valence-corrected chi connectivity index (χ4v) is 3.37. The molecule has 6 heteroatoms. The number of thioether (sulfide) groups is 1. The summed E-state index contributed by atoms with van der Waals surface area (Å²) in [5, 5.41) is 12.4. The van der Waals surface area contributed by atoms with Gasteiger partial charge in [0.05, 0.1) is 4.90 Å². The second kappa shape index (κ2) is 8.67. The van der Waals surface area contributed by atoms with E-state index >= 15 is 0 Å². The zero-order valence-electron chi connectivity index (χ0n) is 12.0. The zero-order chi connectivity index (χ0) is 15.0. The molecule has 0 saturated carbocycles. The van der Waals surface area contributed by atoms with Crippen molar-refractivity contribution in [1.82, 2.24) is 5.32 Å². The van der Waals surface area contributed by atoms with Gasteiger partial charge in [-0.25, -0.2) is 8.42 Å². The fraction of sp³-hybridized carbons (Fsp3) is 0.571. The maximum Gasteiger partial charge on any atom is 0.175 e. The number of hydrogen-bond donors (Lipinski definition) is 2. The Bertz CT molecular complexity index is 486. The monoisotopic (exact) mass is 317 g/mol. The lowest BCUT2D eigenvalue weighted by molar-refractivity contribution is 0.270. The van der Waals surface area contributed by atoms with Crippen LogP contribution < -0.4 is 5.32 Å². The predicted octanol–water partition coefficient (Wildman–Crippen LogP) is 1.93. The van der Waals surface area contributed by atoms with E-state index in [4.69, 9.17) is 5.11 Å². The average Bonchev–Trinajstić information content (AvgIpc) is 2.41. The molecule has 1 atom stereocenters. The number of sulfone groups is 1. The van der Waals surface area contributed by atoms with Crippen LogP contribution in [-0.2, 0) is 9.84 Å². The molecule has 1 rings (SSSR count). The molecule has 1 aromatic carbocycles. The van der Waals surface area contributed by atoms with E-state index in [1.54, 1.807) is 23.9 Å². The van der Waals surface area contributed by atoms with Crippen molar-refractivity contribution in [3.63, 3.8) is 0 Å². The van der Waals surface area contributed by atoms with E-state index in [0.29, 0.717) is 4.90 Å². The van der Waals surface area contributed by atoms with Crippen LogP contribution in [0, 0.1) is 0 Å². The van der Waals surface area contributed by atoms with Gasteiger partial charge in [-0.05, 0) is 43.7 Å². The van der Waals surface area contributed by atoms with Crippen LogP contribution in [-0.4, -0.2) is 44.7 Å². The molecule has 4 nitrogen and oxygen atoms in total.